The molecule has 1 unspecified atom stereocenters. The van der Waals surface area contributed by atoms with Crippen LogP contribution >= 0.6 is 23.2 Å². The molecule has 0 saturated heterocycles. The number of carbonyl (C=O) groups excluding carboxylic acids is 1. The van der Waals surface area contributed by atoms with Crippen LogP contribution in [0.15, 0.2) is 102 Å². The van der Waals surface area contributed by atoms with Gasteiger partial charge >= 0.3 is 0 Å². The van der Waals surface area contributed by atoms with Crippen LogP contribution in [0.5, 0.6) is 0 Å². The zero-order chi connectivity index (χ0) is 33.1. The molecular weight excluding hydrogens is 643 g/mol. The molecule has 0 saturated carbocycles. The Balaban J connectivity index is 1.43. The molecule has 5 aromatic rings. The van der Waals surface area contributed by atoms with E-state index in [1.54, 1.807) is 12.1 Å². The molecule has 7 nitrogen and oxygen atoms in total. The van der Waals surface area contributed by atoms with Crippen molar-refractivity contribution in [2.45, 2.75) is 38.5 Å². The summed E-state index contributed by atoms with van der Waals surface area (Å²) in [5.74, 6) is -0.518. The second-order valence-electron chi connectivity index (χ2n) is 12.2. The van der Waals surface area contributed by atoms with Gasteiger partial charge in [-0.3, -0.25) is 9.35 Å². The number of rotatable bonds is 10. The van der Waals surface area contributed by atoms with E-state index in [0.717, 1.165) is 33.5 Å². The lowest BCUT2D eigenvalue weighted by atomic mass is 9.83. The van der Waals surface area contributed by atoms with E-state index in [-0.39, 0.29) is 17.9 Å². The third-order valence-electron chi connectivity index (χ3n) is 7.77. The van der Waals surface area contributed by atoms with Gasteiger partial charge in [0.2, 0.25) is 0 Å². The number of carbonyl (C=O) groups is 1. The van der Waals surface area contributed by atoms with Crippen molar-refractivity contribution in [1.82, 2.24) is 10.5 Å². The van der Waals surface area contributed by atoms with Gasteiger partial charge in [0.05, 0.1) is 11.4 Å². The average Bonchev–Trinajstić information content (AvgIpc) is 3.50. The van der Waals surface area contributed by atoms with Gasteiger partial charge in [0.1, 0.15) is 0 Å². The number of halogens is 2. The van der Waals surface area contributed by atoms with Gasteiger partial charge in [-0.05, 0) is 76.6 Å². The number of benzene rings is 4. The van der Waals surface area contributed by atoms with Gasteiger partial charge < -0.3 is 9.84 Å². The van der Waals surface area contributed by atoms with Gasteiger partial charge in [-0.25, -0.2) is 0 Å². The molecule has 0 aliphatic rings. The van der Waals surface area contributed by atoms with Crippen LogP contribution in [0.4, 0.5) is 0 Å². The van der Waals surface area contributed by atoms with Crippen molar-refractivity contribution in [3.63, 3.8) is 0 Å². The standard InChI is InChI=1S/C36H34Cl2N2O5S/c1-36(2,3)28-13-8-25(9-14-28)31(20-23-4-6-26(7-5-23)35(41)39-18-19-46(42,43)44)33-22-34(45-40-33)27-12-17-32(38)30(21-27)24-10-15-29(37)16-11-24/h4-17,21-22,31H,18-20H2,1-3H3,(H,39,41)(H,42,43,44). The number of nitrogens with zero attached hydrogens (tertiary/aromatic N) is 1. The Labute approximate surface area is 279 Å². The highest BCUT2D eigenvalue weighted by Gasteiger charge is 2.22. The first kappa shape index (κ1) is 33.4. The molecule has 0 bridgehead atoms. The molecule has 1 amide bonds. The van der Waals surface area contributed by atoms with E-state index in [1.165, 1.54) is 5.56 Å². The predicted octanol–water partition coefficient (Wildman–Crippen LogP) is 8.61. The third-order valence-corrected chi connectivity index (χ3v) is 9.07. The summed E-state index contributed by atoms with van der Waals surface area (Å²) in [5.41, 5.74) is 7.02. The lowest BCUT2D eigenvalue weighted by Crippen LogP contribution is -2.28. The van der Waals surface area contributed by atoms with Crippen molar-refractivity contribution in [2.75, 3.05) is 12.3 Å². The topological polar surface area (TPSA) is 110 Å². The summed E-state index contributed by atoms with van der Waals surface area (Å²) in [7, 11) is -4.16. The summed E-state index contributed by atoms with van der Waals surface area (Å²) in [6, 6.07) is 30.8. The molecule has 1 atom stereocenters. The number of hydrogen-bond donors (Lipinski definition) is 2. The van der Waals surface area contributed by atoms with Gasteiger partial charge in [-0.1, -0.05) is 97.7 Å². The van der Waals surface area contributed by atoms with Gasteiger partial charge in [0, 0.05) is 45.3 Å². The highest BCUT2D eigenvalue weighted by atomic mass is 35.5. The maximum absolute atomic E-state index is 12.5. The van der Waals surface area contributed by atoms with Gasteiger partial charge in [-0.2, -0.15) is 8.42 Å². The first-order chi connectivity index (χ1) is 21.8. The highest BCUT2D eigenvalue weighted by molar-refractivity contribution is 7.85. The minimum absolute atomic E-state index is 0.00321. The number of aromatic nitrogens is 1. The maximum Gasteiger partial charge on any atom is 0.266 e. The first-order valence-corrected chi connectivity index (χ1v) is 17.1. The summed E-state index contributed by atoms with van der Waals surface area (Å²) >= 11 is 12.7. The van der Waals surface area contributed by atoms with Gasteiger partial charge in [-0.15, -0.1) is 0 Å². The molecule has 0 radical (unpaired) electrons. The van der Waals surface area contributed by atoms with Gasteiger partial charge in [0.25, 0.3) is 16.0 Å². The minimum atomic E-state index is -4.16. The van der Waals surface area contributed by atoms with Crippen LogP contribution in [0.1, 0.15) is 59.4 Å². The van der Waals surface area contributed by atoms with E-state index >= 15 is 0 Å². The fraction of sp³-hybridized carbons (Fsp3) is 0.222. The molecule has 4 aromatic carbocycles. The quantitative estimate of drug-likeness (QED) is 0.143. The second kappa shape index (κ2) is 13.8. The van der Waals surface area contributed by atoms with E-state index in [1.807, 2.05) is 60.7 Å². The molecular formula is C36H34Cl2N2O5S. The summed E-state index contributed by atoms with van der Waals surface area (Å²) in [5, 5.41) is 8.28. The fourth-order valence-corrected chi connectivity index (χ4v) is 5.86. The number of hydrogen-bond acceptors (Lipinski definition) is 5. The molecule has 10 heteroatoms. The minimum Gasteiger partial charge on any atom is -0.356 e. The second-order valence-corrected chi connectivity index (χ2v) is 14.6. The SMILES string of the molecule is CC(C)(C)c1ccc(C(Cc2ccc(C(=O)NCCS(=O)(=O)O)cc2)c2cc(-c3ccc(Cl)c(-c4ccc(Cl)cc4)c3)on2)cc1. The molecule has 0 aliphatic carbocycles. The molecule has 1 aromatic heterocycles. The van der Waals surface area contributed by atoms with Crippen molar-refractivity contribution in [3.8, 4) is 22.5 Å². The summed E-state index contributed by atoms with van der Waals surface area (Å²) in [6.07, 6.45) is 0.585. The van der Waals surface area contributed by atoms with Crippen LogP contribution < -0.4 is 5.32 Å². The highest BCUT2D eigenvalue weighted by Crippen LogP contribution is 2.36. The lowest BCUT2D eigenvalue weighted by Gasteiger charge is -2.21. The summed E-state index contributed by atoms with van der Waals surface area (Å²) < 4.78 is 36.7. The van der Waals surface area contributed by atoms with Crippen molar-refractivity contribution in [1.29, 1.82) is 0 Å². The van der Waals surface area contributed by atoms with Crippen molar-refractivity contribution >= 4 is 39.2 Å². The zero-order valence-corrected chi connectivity index (χ0v) is 28.0. The molecule has 238 valence electrons. The Morgan fingerprint density at radius 1 is 0.891 bits per heavy atom. The lowest BCUT2D eigenvalue weighted by molar-refractivity contribution is 0.0956. The molecule has 5 rings (SSSR count). The van der Waals surface area contributed by atoms with Crippen LogP contribution in [-0.4, -0.2) is 36.3 Å². The van der Waals surface area contributed by atoms with Gasteiger partial charge in [0.15, 0.2) is 5.76 Å². The van der Waals surface area contributed by atoms with Crippen LogP contribution in [0.25, 0.3) is 22.5 Å². The predicted molar refractivity (Wildman–Crippen MR) is 183 cm³/mol. The molecule has 0 fully saturated rings. The van der Waals surface area contributed by atoms with E-state index in [9.17, 15) is 13.2 Å². The molecule has 0 aliphatic heterocycles. The smallest absolute Gasteiger partial charge is 0.266 e. The van der Waals surface area contributed by atoms with Crippen molar-refractivity contribution in [2.24, 2.45) is 0 Å². The van der Waals surface area contributed by atoms with Crippen LogP contribution in [-0.2, 0) is 22.0 Å². The summed E-state index contributed by atoms with van der Waals surface area (Å²) in [6.45, 7) is 6.34. The van der Waals surface area contributed by atoms with Crippen LogP contribution in [0.3, 0.4) is 0 Å². The first-order valence-electron chi connectivity index (χ1n) is 14.7. The third kappa shape index (κ3) is 8.44. The Hall–Kier alpha value is -3.95. The van der Waals surface area contributed by atoms with Crippen molar-refractivity contribution < 1.29 is 22.3 Å². The van der Waals surface area contributed by atoms with E-state index in [2.05, 4.69) is 55.5 Å². The summed E-state index contributed by atoms with van der Waals surface area (Å²) in [4.78, 5) is 12.5. The van der Waals surface area contributed by atoms with Crippen LogP contribution in [0.2, 0.25) is 10.0 Å². The Kier molecular flexibility index (Phi) is 10.0. The van der Waals surface area contributed by atoms with Crippen molar-refractivity contribution in [3.05, 3.63) is 135 Å². The number of amides is 1. The van der Waals surface area contributed by atoms with E-state index in [0.29, 0.717) is 27.8 Å². The monoisotopic (exact) mass is 676 g/mol. The van der Waals surface area contributed by atoms with E-state index in [4.69, 9.17) is 32.3 Å². The molecule has 46 heavy (non-hydrogen) atoms. The fourth-order valence-electron chi connectivity index (χ4n) is 5.15. The Morgan fingerprint density at radius 3 is 2.17 bits per heavy atom. The largest absolute Gasteiger partial charge is 0.356 e. The molecule has 1 heterocycles. The molecule has 2 N–H and O–H groups in total. The normalized spacial score (nSPS) is 12.6. The van der Waals surface area contributed by atoms with Crippen LogP contribution in [0, 0.1) is 0 Å². The Morgan fingerprint density at radius 2 is 1.54 bits per heavy atom. The average molecular weight is 678 g/mol. The Bertz CT molecular complexity index is 1930. The number of nitrogens with one attached hydrogen (secondary N) is 1. The molecule has 0 spiro atoms. The zero-order valence-electron chi connectivity index (χ0n) is 25.6. The maximum atomic E-state index is 12.5. The van der Waals surface area contributed by atoms with E-state index < -0.39 is 21.8 Å².